The standard InChI is InChI=1S/C18H15ClF3N3O2/c1-17(26,9-16-23-10-24-25-16)14-7-6-13(8-15(14)18(20,21)22)27-12-4-2-11(19)3-5-12/h2-8,10,26H,9H2,1H3,(H,23,24,25). The van der Waals surface area contributed by atoms with Crippen LogP contribution in [0, 0.1) is 0 Å². The SMILES string of the molecule is CC(O)(Cc1nc[nH]n1)c1ccc(Oc2ccc(Cl)cc2)cc1C(F)(F)F. The Kier molecular flexibility index (Phi) is 5.12. The largest absolute Gasteiger partial charge is 0.457 e. The molecule has 0 bridgehead atoms. The number of benzene rings is 2. The number of rotatable bonds is 5. The first-order chi connectivity index (χ1) is 12.6. The highest BCUT2D eigenvalue weighted by molar-refractivity contribution is 6.30. The molecule has 5 nitrogen and oxygen atoms in total. The molecule has 1 atom stereocenters. The Bertz CT molecular complexity index is 911. The zero-order valence-electron chi connectivity index (χ0n) is 14.1. The van der Waals surface area contributed by atoms with Crippen LogP contribution in [0.4, 0.5) is 13.2 Å². The maximum Gasteiger partial charge on any atom is 0.416 e. The number of hydrogen-bond donors (Lipinski definition) is 2. The Hall–Kier alpha value is -2.58. The Labute approximate surface area is 157 Å². The number of ether oxygens (including phenoxy) is 1. The highest BCUT2D eigenvalue weighted by atomic mass is 35.5. The molecule has 0 radical (unpaired) electrons. The number of nitrogens with zero attached hydrogens (tertiary/aromatic N) is 2. The second-order valence-corrected chi connectivity index (χ2v) is 6.56. The van der Waals surface area contributed by atoms with Crippen molar-refractivity contribution in [2.75, 3.05) is 0 Å². The summed E-state index contributed by atoms with van der Waals surface area (Å²) in [4.78, 5) is 3.86. The van der Waals surface area contributed by atoms with Crippen molar-refractivity contribution >= 4 is 11.6 Å². The minimum atomic E-state index is -4.68. The topological polar surface area (TPSA) is 71.0 Å². The number of H-pyrrole nitrogens is 1. The van der Waals surface area contributed by atoms with Gasteiger partial charge in [0.05, 0.1) is 11.2 Å². The number of hydrogen-bond acceptors (Lipinski definition) is 4. The fraction of sp³-hybridized carbons (Fsp3) is 0.222. The van der Waals surface area contributed by atoms with Gasteiger partial charge in [0.25, 0.3) is 0 Å². The van der Waals surface area contributed by atoms with Crippen molar-refractivity contribution in [2.24, 2.45) is 0 Å². The van der Waals surface area contributed by atoms with Crippen molar-refractivity contribution in [3.8, 4) is 11.5 Å². The van der Waals surface area contributed by atoms with Crippen molar-refractivity contribution in [3.63, 3.8) is 0 Å². The number of aromatic nitrogens is 3. The quantitative estimate of drug-likeness (QED) is 0.653. The number of nitrogens with one attached hydrogen (secondary N) is 1. The molecule has 0 saturated carbocycles. The number of halogens is 4. The lowest BCUT2D eigenvalue weighted by Crippen LogP contribution is -2.28. The predicted molar refractivity (Wildman–Crippen MR) is 92.6 cm³/mol. The molecule has 1 aromatic heterocycles. The summed E-state index contributed by atoms with van der Waals surface area (Å²) in [6.07, 6.45) is -3.58. The summed E-state index contributed by atoms with van der Waals surface area (Å²) in [5.74, 6) is 0.532. The second-order valence-electron chi connectivity index (χ2n) is 6.13. The van der Waals surface area contributed by atoms with Crippen LogP contribution < -0.4 is 4.74 Å². The number of aliphatic hydroxyl groups is 1. The maximum atomic E-state index is 13.6. The molecule has 0 saturated heterocycles. The van der Waals surface area contributed by atoms with Crippen LogP contribution in [0.1, 0.15) is 23.9 Å². The average Bonchev–Trinajstić information content (AvgIpc) is 3.08. The van der Waals surface area contributed by atoms with Gasteiger partial charge in [-0.3, -0.25) is 5.10 Å². The molecule has 3 rings (SSSR count). The van der Waals surface area contributed by atoms with Crippen molar-refractivity contribution in [3.05, 3.63) is 70.8 Å². The summed E-state index contributed by atoms with van der Waals surface area (Å²) < 4.78 is 46.3. The third-order valence-electron chi connectivity index (χ3n) is 3.89. The van der Waals surface area contributed by atoms with E-state index in [2.05, 4.69) is 15.2 Å². The minimum absolute atomic E-state index is 0.0120. The molecule has 0 fully saturated rings. The van der Waals surface area contributed by atoms with Crippen LogP contribution >= 0.6 is 11.6 Å². The van der Waals surface area contributed by atoms with Crippen LogP contribution in [0.5, 0.6) is 11.5 Å². The third-order valence-corrected chi connectivity index (χ3v) is 4.15. The first kappa shape index (κ1) is 19.2. The van der Waals surface area contributed by atoms with Gasteiger partial charge in [-0.1, -0.05) is 17.7 Å². The molecule has 0 aliphatic carbocycles. The highest BCUT2D eigenvalue weighted by Gasteiger charge is 2.39. The van der Waals surface area contributed by atoms with Gasteiger partial charge >= 0.3 is 6.18 Å². The minimum Gasteiger partial charge on any atom is -0.457 e. The molecule has 1 unspecified atom stereocenters. The summed E-state index contributed by atoms with van der Waals surface area (Å²) >= 11 is 5.78. The van der Waals surface area contributed by atoms with Gasteiger partial charge in [-0.25, -0.2) is 4.98 Å². The summed E-state index contributed by atoms with van der Waals surface area (Å²) in [7, 11) is 0. The fourth-order valence-electron chi connectivity index (χ4n) is 2.65. The van der Waals surface area contributed by atoms with Crippen molar-refractivity contribution < 1.29 is 23.0 Å². The average molecular weight is 398 g/mol. The summed E-state index contributed by atoms with van der Waals surface area (Å²) in [5.41, 5.74) is -3.11. The lowest BCUT2D eigenvalue weighted by Gasteiger charge is -2.26. The van der Waals surface area contributed by atoms with E-state index in [1.807, 2.05) is 0 Å². The van der Waals surface area contributed by atoms with Crippen molar-refractivity contribution in [1.82, 2.24) is 15.2 Å². The molecule has 2 aromatic carbocycles. The van der Waals surface area contributed by atoms with E-state index in [4.69, 9.17) is 16.3 Å². The summed E-state index contributed by atoms with van der Waals surface area (Å²) in [5, 5.41) is 17.4. The van der Waals surface area contributed by atoms with Crippen LogP contribution in [0.2, 0.25) is 5.02 Å². The Morgan fingerprint density at radius 1 is 1.07 bits per heavy atom. The van der Waals surface area contributed by atoms with Gasteiger partial charge in [0.15, 0.2) is 5.82 Å². The lowest BCUT2D eigenvalue weighted by atomic mass is 9.88. The highest BCUT2D eigenvalue weighted by Crippen LogP contribution is 2.40. The van der Waals surface area contributed by atoms with Crippen molar-refractivity contribution in [2.45, 2.75) is 25.1 Å². The number of alkyl halides is 3. The smallest absolute Gasteiger partial charge is 0.416 e. The van der Waals surface area contributed by atoms with Crippen LogP contribution in [-0.4, -0.2) is 20.3 Å². The zero-order valence-corrected chi connectivity index (χ0v) is 14.8. The molecule has 2 N–H and O–H groups in total. The van der Waals surface area contributed by atoms with Crippen LogP contribution in [0.15, 0.2) is 48.8 Å². The normalized spacial score (nSPS) is 14.0. The molecule has 0 aliphatic rings. The molecule has 1 heterocycles. The van der Waals surface area contributed by atoms with Gasteiger partial charge in [-0.15, -0.1) is 0 Å². The van der Waals surface area contributed by atoms with Crippen LogP contribution in [-0.2, 0) is 18.2 Å². The summed E-state index contributed by atoms with van der Waals surface area (Å²) in [6.45, 7) is 1.29. The van der Waals surface area contributed by atoms with Crippen LogP contribution in [0.25, 0.3) is 0 Å². The second kappa shape index (κ2) is 7.21. The van der Waals surface area contributed by atoms with Gasteiger partial charge in [-0.2, -0.15) is 18.3 Å². The first-order valence-corrected chi connectivity index (χ1v) is 8.25. The Morgan fingerprint density at radius 2 is 1.74 bits per heavy atom. The van der Waals surface area contributed by atoms with Gasteiger partial charge in [0.1, 0.15) is 17.8 Å². The molecule has 27 heavy (non-hydrogen) atoms. The van der Waals surface area contributed by atoms with E-state index in [-0.39, 0.29) is 23.6 Å². The first-order valence-electron chi connectivity index (χ1n) is 7.87. The molecular weight excluding hydrogens is 383 g/mol. The van der Waals surface area contributed by atoms with Crippen LogP contribution in [0.3, 0.4) is 0 Å². The molecule has 0 amide bonds. The van der Waals surface area contributed by atoms with E-state index in [0.717, 1.165) is 6.07 Å². The van der Waals surface area contributed by atoms with Gasteiger partial charge in [0, 0.05) is 11.4 Å². The van der Waals surface area contributed by atoms with Gasteiger partial charge < -0.3 is 9.84 Å². The Balaban J connectivity index is 1.95. The number of aromatic amines is 1. The maximum absolute atomic E-state index is 13.6. The molecule has 3 aromatic rings. The molecule has 142 valence electrons. The predicted octanol–water partition coefficient (Wildman–Crippen LogP) is 4.72. The summed E-state index contributed by atoms with van der Waals surface area (Å²) in [6, 6.07) is 9.64. The Morgan fingerprint density at radius 3 is 2.33 bits per heavy atom. The molecular formula is C18H15ClF3N3O2. The van der Waals surface area contributed by atoms with E-state index in [1.54, 1.807) is 24.3 Å². The molecule has 0 aliphatic heterocycles. The van der Waals surface area contributed by atoms with E-state index in [9.17, 15) is 18.3 Å². The molecule has 9 heteroatoms. The van der Waals surface area contributed by atoms with Gasteiger partial charge in [-0.05, 0) is 48.9 Å². The van der Waals surface area contributed by atoms with E-state index < -0.39 is 17.3 Å². The van der Waals surface area contributed by atoms with E-state index >= 15 is 0 Å². The third kappa shape index (κ3) is 4.58. The molecule has 0 spiro atoms. The fourth-order valence-corrected chi connectivity index (χ4v) is 2.78. The monoisotopic (exact) mass is 397 g/mol. The van der Waals surface area contributed by atoms with Crippen molar-refractivity contribution in [1.29, 1.82) is 0 Å². The van der Waals surface area contributed by atoms with Gasteiger partial charge in [0.2, 0.25) is 0 Å². The van der Waals surface area contributed by atoms with E-state index in [1.165, 1.54) is 25.4 Å². The zero-order chi connectivity index (χ0) is 19.7. The lowest BCUT2D eigenvalue weighted by molar-refractivity contribution is -0.140. The van der Waals surface area contributed by atoms with E-state index in [0.29, 0.717) is 10.8 Å².